The van der Waals surface area contributed by atoms with E-state index in [0.29, 0.717) is 40.9 Å². The lowest BCUT2D eigenvalue weighted by atomic mass is 9.58. The maximum atomic E-state index is 2.78. The average molecular weight is 672 g/mol. The third-order valence-electron chi connectivity index (χ3n) is 13.5. The first-order valence-corrected chi connectivity index (χ1v) is 20.5. The summed E-state index contributed by atoms with van der Waals surface area (Å²) in [6.45, 7) is 2.52. The summed E-state index contributed by atoms with van der Waals surface area (Å²) in [6.07, 6.45) is 40.9. The van der Waals surface area contributed by atoms with Crippen molar-refractivity contribution in [3.05, 3.63) is 172 Å². The van der Waals surface area contributed by atoms with Crippen LogP contribution < -0.4 is 0 Å². The molecule has 7 aliphatic carbocycles. The molecule has 0 N–H and O–H groups in total. The highest BCUT2D eigenvalue weighted by Crippen LogP contribution is 2.66. The van der Waals surface area contributed by atoms with E-state index >= 15 is 0 Å². The molecule has 1 aliphatic heterocycles. The molecule has 0 radical (unpaired) electrons. The van der Waals surface area contributed by atoms with Gasteiger partial charge in [0.05, 0.1) is 6.04 Å². The zero-order chi connectivity index (χ0) is 33.2. The zero-order valence-corrected chi connectivity index (χ0v) is 30.2. The van der Waals surface area contributed by atoms with E-state index in [1.807, 2.05) is 0 Å². The number of allylic oxidation sites excluding steroid dienone is 13. The first-order valence-electron chi connectivity index (χ1n) is 19.6. The average Bonchev–Trinajstić information content (AvgIpc) is 3.70. The number of thioether (sulfide) groups is 1. The van der Waals surface area contributed by atoms with Crippen LogP contribution in [0, 0.1) is 29.6 Å². The molecule has 7 unspecified atom stereocenters. The van der Waals surface area contributed by atoms with E-state index in [2.05, 4.69) is 151 Å². The van der Waals surface area contributed by atoms with E-state index < -0.39 is 0 Å². The molecule has 0 spiro atoms. The highest BCUT2D eigenvalue weighted by molar-refractivity contribution is 8.04. The van der Waals surface area contributed by atoms with Gasteiger partial charge < -0.3 is 4.90 Å². The van der Waals surface area contributed by atoms with Crippen LogP contribution in [-0.2, 0) is 11.8 Å². The third kappa shape index (κ3) is 4.66. The maximum Gasteiger partial charge on any atom is 0.0557 e. The number of nitrogens with zero attached hydrogens (tertiary/aromatic N) is 1. The van der Waals surface area contributed by atoms with Gasteiger partial charge in [0.15, 0.2) is 0 Å². The smallest absolute Gasteiger partial charge is 0.0557 e. The monoisotopic (exact) mass is 671 g/mol. The third-order valence-corrected chi connectivity index (χ3v) is 14.9. The van der Waals surface area contributed by atoms with E-state index in [9.17, 15) is 0 Å². The molecule has 0 aromatic heterocycles. The van der Waals surface area contributed by atoms with Crippen LogP contribution in [0.5, 0.6) is 0 Å². The number of rotatable bonds is 5. The lowest BCUT2D eigenvalue weighted by Gasteiger charge is -2.45. The van der Waals surface area contributed by atoms with Crippen LogP contribution in [0.4, 0.5) is 0 Å². The molecule has 1 saturated carbocycles. The Morgan fingerprint density at radius 3 is 2.60 bits per heavy atom. The molecule has 2 heteroatoms. The summed E-state index contributed by atoms with van der Waals surface area (Å²) in [4.78, 5) is 4.34. The minimum Gasteiger partial charge on any atom is -0.337 e. The van der Waals surface area contributed by atoms with Crippen LogP contribution in [0.3, 0.4) is 0 Å². The van der Waals surface area contributed by atoms with Crippen LogP contribution in [-0.4, -0.2) is 16.2 Å². The first-order chi connectivity index (χ1) is 24.7. The number of fused-ring (bicyclic) bond motifs is 7. The molecule has 10 rings (SSSR count). The van der Waals surface area contributed by atoms with Crippen molar-refractivity contribution in [3.8, 4) is 0 Å². The van der Waals surface area contributed by atoms with Gasteiger partial charge in [0.2, 0.25) is 0 Å². The van der Waals surface area contributed by atoms with Crippen molar-refractivity contribution in [2.45, 2.75) is 81.4 Å². The fourth-order valence-electron chi connectivity index (χ4n) is 11.5. The van der Waals surface area contributed by atoms with Gasteiger partial charge in [-0.25, -0.2) is 0 Å². The van der Waals surface area contributed by atoms with Crippen LogP contribution in [0.25, 0.3) is 5.70 Å². The van der Waals surface area contributed by atoms with Gasteiger partial charge in [-0.3, -0.25) is 0 Å². The summed E-state index contributed by atoms with van der Waals surface area (Å²) in [7, 11) is 0. The van der Waals surface area contributed by atoms with Gasteiger partial charge in [0, 0.05) is 38.4 Å². The molecular weight excluding hydrogens is 623 g/mol. The number of benzene rings is 2. The molecule has 8 atom stereocenters. The minimum absolute atomic E-state index is 0.00732. The summed E-state index contributed by atoms with van der Waals surface area (Å²) >= 11 is 2.18. The fourth-order valence-corrected chi connectivity index (χ4v) is 13.1. The normalized spacial score (nSPS) is 34.9. The van der Waals surface area contributed by atoms with Crippen molar-refractivity contribution in [1.82, 2.24) is 4.90 Å². The summed E-state index contributed by atoms with van der Waals surface area (Å²) in [5.41, 5.74) is 12.4. The predicted octanol–water partition coefficient (Wildman–Crippen LogP) is 11.8. The van der Waals surface area contributed by atoms with Crippen LogP contribution in [0.15, 0.2) is 155 Å². The van der Waals surface area contributed by atoms with E-state index in [0.717, 1.165) is 32.1 Å². The second kappa shape index (κ2) is 12.5. The minimum atomic E-state index is -0.00732. The Morgan fingerprint density at radius 1 is 0.820 bits per heavy atom. The topological polar surface area (TPSA) is 3.24 Å². The fraction of sp³-hybridized carbons (Fsp3) is 0.375. The van der Waals surface area contributed by atoms with Crippen molar-refractivity contribution < 1.29 is 0 Å². The summed E-state index contributed by atoms with van der Waals surface area (Å²) < 4.78 is 0. The van der Waals surface area contributed by atoms with Crippen molar-refractivity contribution in [2.24, 2.45) is 29.6 Å². The predicted molar refractivity (Wildman–Crippen MR) is 211 cm³/mol. The first kappa shape index (κ1) is 31.0. The molecule has 0 bridgehead atoms. The van der Waals surface area contributed by atoms with Crippen LogP contribution in [0.1, 0.15) is 75.0 Å². The van der Waals surface area contributed by atoms with E-state index in [1.54, 1.807) is 27.3 Å². The Hall–Kier alpha value is -3.75. The van der Waals surface area contributed by atoms with Gasteiger partial charge in [-0.15, -0.1) is 11.8 Å². The number of hydrogen-bond donors (Lipinski definition) is 0. The van der Waals surface area contributed by atoms with E-state index in [1.165, 1.54) is 48.1 Å². The maximum absolute atomic E-state index is 2.78. The highest BCUT2D eigenvalue weighted by Gasteiger charge is 2.60. The van der Waals surface area contributed by atoms with Crippen molar-refractivity contribution >= 4 is 17.5 Å². The molecule has 8 aliphatic rings. The molecular formula is C48H49NS. The van der Waals surface area contributed by atoms with Crippen molar-refractivity contribution in [1.29, 1.82) is 0 Å². The van der Waals surface area contributed by atoms with Gasteiger partial charge in [0.25, 0.3) is 0 Å². The van der Waals surface area contributed by atoms with Gasteiger partial charge in [0.1, 0.15) is 0 Å². The van der Waals surface area contributed by atoms with Gasteiger partial charge >= 0.3 is 0 Å². The molecule has 2 fully saturated rings. The second-order valence-electron chi connectivity index (χ2n) is 15.9. The summed E-state index contributed by atoms with van der Waals surface area (Å²) in [6, 6.07) is 21.3. The molecule has 2 aromatic rings. The zero-order valence-electron chi connectivity index (χ0n) is 29.4. The van der Waals surface area contributed by atoms with Crippen LogP contribution in [0.2, 0.25) is 0 Å². The van der Waals surface area contributed by atoms with Crippen molar-refractivity contribution in [3.63, 3.8) is 0 Å². The Kier molecular flexibility index (Phi) is 7.74. The number of aryl methyl sites for hydroxylation is 1. The molecule has 2 aromatic carbocycles. The van der Waals surface area contributed by atoms with Gasteiger partial charge in [-0.05, 0) is 104 Å². The standard InChI is InChI=1S/C48H49NS/c1-32-15-12-26-42-46(32)40-23-10-11-25-41(40)48(42,34-18-4-2-5-19-34)35-29-30-38-39-24-14-28-44(47(39)50-45(38)31-35)49(36-20-6-3-7-21-36)43-27-13-17-33-16-8-9-22-37(33)43/h2-9,12,16,18-20,22-24,26-27,29-32,36,38,41-42,45-46H,10-11,13-15,17,21,25,28H2,1H3/t32-,36?,38?,41?,42?,45?,46?,48?/m0/s1. The Bertz CT molecular complexity index is 1980. The van der Waals surface area contributed by atoms with Gasteiger partial charge in [-0.2, -0.15) is 0 Å². The second-order valence-corrected chi connectivity index (χ2v) is 17.1. The SMILES string of the molecule is C[C@H]1CC=CC2C1C1=CCCCC1C2(C1=CC2SC3=C(N(C4=CCCc5ccccc54)C4C=CC=CC4)CCC=C3C2C=C1)c1ccccc1. The van der Waals surface area contributed by atoms with Crippen molar-refractivity contribution in [2.75, 3.05) is 0 Å². The van der Waals surface area contributed by atoms with E-state index in [-0.39, 0.29) is 5.41 Å². The molecule has 1 heterocycles. The van der Waals surface area contributed by atoms with Gasteiger partial charge in [-0.1, -0.05) is 140 Å². The largest absolute Gasteiger partial charge is 0.337 e. The number of hydrogen-bond acceptors (Lipinski definition) is 2. The summed E-state index contributed by atoms with van der Waals surface area (Å²) in [5.74, 6) is 2.87. The quantitative estimate of drug-likeness (QED) is 0.291. The highest BCUT2D eigenvalue weighted by atomic mass is 32.2. The van der Waals surface area contributed by atoms with Crippen LogP contribution >= 0.6 is 11.8 Å². The molecule has 1 saturated heterocycles. The Labute approximate surface area is 303 Å². The molecule has 0 amide bonds. The summed E-state index contributed by atoms with van der Waals surface area (Å²) in [5, 5.41) is 0.432. The lowest BCUT2D eigenvalue weighted by molar-refractivity contribution is 0.262. The molecule has 1 nitrogen and oxygen atoms in total. The lowest BCUT2D eigenvalue weighted by Crippen LogP contribution is -2.41. The van der Waals surface area contributed by atoms with E-state index in [4.69, 9.17) is 0 Å². The molecule has 50 heavy (non-hydrogen) atoms. The Balaban J connectivity index is 1.10. The Morgan fingerprint density at radius 2 is 1.70 bits per heavy atom. The molecule has 252 valence electrons.